The number of ether oxygens (including phenoxy) is 1. The molecule has 1 aromatic carbocycles. The van der Waals surface area contributed by atoms with E-state index >= 15 is 0 Å². The van der Waals surface area contributed by atoms with E-state index in [1.54, 1.807) is 6.07 Å². The maximum Gasteiger partial charge on any atom is 0.305 e. The fraction of sp³-hybridized carbons (Fsp3) is 0.696. The van der Waals surface area contributed by atoms with Gasteiger partial charge in [-0.1, -0.05) is 62.3 Å². The highest BCUT2D eigenvalue weighted by molar-refractivity contribution is 7.16. The first-order chi connectivity index (χ1) is 14.2. The van der Waals surface area contributed by atoms with E-state index in [9.17, 15) is 9.90 Å². The monoisotopic (exact) mass is 456 g/mol. The number of phenols is 1. The number of H-pyrrole nitrogens is 1. The molecule has 0 bridgehead atoms. The molecule has 1 aromatic heterocycles. The highest BCUT2D eigenvalue weighted by Crippen LogP contribution is 2.28. The molecule has 2 aromatic rings. The van der Waals surface area contributed by atoms with Crippen LogP contribution in [0, 0.1) is 5.92 Å². The summed E-state index contributed by atoms with van der Waals surface area (Å²) < 4.78 is 6.69. The third kappa shape index (κ3) is 8.22. The fourth-order valence-electron chi connectivity index (χ4n) is 4.25. The van der Waals surface area contributed by atoms with Crippen molar-refractivity contribution in [2.24, 2.45) is 5.92 Å². The normalized spacial score (nSPS) is 14.8. The molecule has 1 aliphatic rings. The zero-order chi connectivity index (χ0) is 20.3. The molecule has 1 fully saturated rings. The predicted octanol–water partition coefficient (Wildman–Crippen LogP) is 5.40. The second-order valence-corrected chi connectivity index (χ2v) is 9.26. The van der Waals surface area contributed by atoms with Crippen molar-refractivity contribution in [3.63, 3.8) is 0 Å². The lowest BCUT2D eigenvalue weighted by Crippen LogP contribution is -2.18. The lowest BCUT2D eigenvalue weighted by molar-refractivity contribution is 0.110. The number of unbranched alkanes of at least 4 members (excludes halogenated alkanes) is 3. The van der Waals surface area contributed by atoms with Crippen LogP contribution in [0.4, 0.5) is 0 Å². The van der Waals surface area contributed by atoms with E-state index in [0.717, 1.165) is 48.9 Å². The van der Waals surface area contributed by atoms with E-state index in [0.29, 0.717) is 5.52 Å². The molecule has 0 unspecified atom stereocenters. The average molecular weight is 457 g/mol. The Bertz CT molecular complexity index is 786. The van der Waals surface area contributed by atoms with Gasteiger partial charge in [-0.15, -0.1) is 12.4 Å². The van der Waals surface area contributed by atoms with Gasteiger partial charge in [-0.3, -0.25) is 4.79 Å². The van der Waals surface area contributed by atoms with Crippen LogP contribution < -0.4 is 10.2 Å². The number of aromatic amines is 1. The molecule has 170 valence electrons. The Kier molecular flexibility index (Phi) is 11.8. The molecule has 0 atom stereocenters. The summed E-state index contributed by atoms with van der Waals surface area (Å²) in [6, 6.07) is 3.58. The second-order valence-electron chi connectivity index (χ2n) is 8.28. The van der Waals surface area contributed by atoms with Gasteiger partial charge in [0, 0.05) is 13.2 Å². The van der Waals surface area contributed by atoms with E-state index in [1.807, 2.05) is 6.07 Å². The summed E-state index contributed by atoms with van der Waals surface area (Å²) >= 11 is 1.17. The standard InChI is InChI=1S/C23H36N2O3S.ClH/c26-20-11-10-19(22-21(20)25-23(27)29-22)12-15-24-14-6-1-2-7-16-28-17-13-18-8-4-3-5-9-18;/h10-11,18,24,26H,1-9,12-17H2,(H,25,27);1H. The van der Waals surface area contributed by atoms with Crippen molar-refractivity contribution in [2.45, 2.75) is 70.6 Å². The second kappa shape index (κ2) is 14.1. The van der Waals surface area contributed by atoms with Crippen molar-refractivity contribution in [3.8, 4) is 5.75 Å². The zero-order valence-corrected chi connectivity index (χ0v) is 19.6. The molecule has 0 radical (unpaired) electrons. The Hall–Kier alpha value is -1.08. The quantitative estimate of drug-likeness (QED) is 0.353. The number of fused-ring (bicyclic) bond motifs is 1. The van der Waals surface area contributed by atoms with Gasteiger partial charge < -0.3 is 20.1 Å². The van der Waals surface area contributed by atoms with Crippen LogP contribution in [0.5, 0.6) is 5.75 Å². The van der Waals surface area contributed by atoms with Gasteiger partial charge in [0.05, 0.1) is 4.70 Å². The number of nitrogens with one attached hydrogen (secondary N) is 2. The topological polar surface area (TPSA) is 74.4 Å². The Morgan fingerprint density at radius 3 is 2.70 bits per heavy atom. The number of rotatable bonds is 13. The Labute approximate surface area is 190 Å². The summed E-state index contributed by atoms with van der Waals surface area (Å²) in [5, 5.41) is 13.3. The van der Waals surface area contributed by atoms with E-state index < -0.39 is 0 Å². The SMILES string of the molecule is Cl.O=c1[nH]c2c(O)ccc(CCNCCCCCCOCCC3CCCCC3)c2s1. The molecule has 7 heteroatoms. The lowest BCUT2D eigenvalue weighted by atomic mass is 9.87. The molecule has 0 spiro atoms. The highest BCUT2D eigenvalue weighted by atomic mass is 35.5. The Morgan fingerprint density at radius 2 is 1.87 bits per heavy atom. The van der Waals surface area contributed by atoms with Crippen LogP contribution in [-0.2, 0) is 11.2 Å². The predicted molar refractivity (Wildman–Crippen MR) is 128 cm³/mol. The molecular formula is C23H37ClN2O3S. The number of hydrogen-bond acceptors (Lipinski definition) is 5. The molecule has 0 amide bonds. The van der Waals surface area contributed by atoms with Crippen LogP contribution in [0.2, 0.25) is 0 Å². The number of benzene rings is 1. The number of hydrogen-bond donors (Lipinski definition) is 3. The first-order valence-corrected chi connectivity index (χ1v) is 12.2. The van der Waals surface area contributed by atoms with Gasteiger partial charge in [0.1, 0.15) is 11.3 Å². The Balaban J connectivity index is 0.00000320. The number of aromatic hydroxyl groups is 1. The van der Waals surface area contributed by atoms with Crippen molar-refractivity contribution < 1.29 is 9.84 Å². The minimum atomic E-state index is -0.117. The van der Waals surface area contributed by atoms with Crippen LogP contribution in [0.1, 0.15) is 69.8 Å². The summed E-state index contributed by atoms with van der Waals surface area (Å²) in [5.41, 5.74) is 1.68. The van der Waals surface area contributed by atoms with Gasteiger partial charge in [0.25, 0.3) is 0 Å². The van der Waals surface area contributed by atoms with Gasteiger partial charge in [-0.2, -0.15) is 0 Å². The molecule has 0 saturated heterocycles. The zero-order valence-electron chi connectivity index (χ0n) is 17.9. The fourth-order valence-corrected chi connectivity index (χ4v) is 5.15. The van der Waals surface area contributed by atoms with Crippen molar-refractivity contribution >= 4 is 34.0 Å². The summed E-state index contributed by atoms with van der Waals surface area (Å²) in [6.45, 7) is 3.77. The van der Waals surface area contributed by atoms with Crippen molar-refractivity contribution in [3.05, 3.63) is 27.4 Å². The molecule has 30 heavy (non-hydrogen) atoms. The van der Waals surface area contributed by atoms with Gasteiger partial charge in [-0.25, -0.2) is 0 Å². The molecular weight excluding hydrogens is 420 g/mol. The average Bonchev–Trinajstić information content (AvgIpc) is 3.13. The van der Waals surface area contributed by atoms with Crippen LogP contribution in [0.3, 0.4) is 0 Å². The molecule has 3 N–H and O–H groups in total. The van der Waals surface area contributed by atoms with Crippen LogP contribution >= 0.6 is 23.7 Å². The highest BCUT2D eigenvalue weighted by Gasteiger charge is 2.12. The van der Waals surface area contributed by atoms with E-state index in [4.69, 9.17) is 4.74 Å². The molecule has 0 aliphatic heterocycles. The maximum absolute atomic E-state index is 11.6. The molecule has 1 aliphatic carbocycles. The van der Waals surface area contributed by atoms with Gasteiger partial charge in [0.2, 0.25) is 0 Å². The van der Waals surface area contributed by atoms with Crippen molar-refractivity contribution in [2.75, 3.05) is 26.3 Å². The molecule has 1 saturated carbocycles. The van der Waals surface area contributed by atoms with Crippen molar-refractivity contribution in [1.29, 1.82) is 0 Å². The van der Waals surface area contributed by atoms with Crippen LogP contribution in [-0.4, -0.2) is 36.4 Å². The van der Waals surface area contributed by atoms with E-state index in [2.05, 4.69) is 10.3 Å². The van der Waals surface area contributed by atoms with E-state index in [-0.39, 0.29) is 23.0 Å². The van der Waals surface area contributed by atoms with Crippen LogP contribution in [0.15, 0.2) is 16.9 Å². The van der Waals surface area contributed by atoms with Gasteiger partial charge >= 0.3 is 4.87 Å². The van der Waals surface area contributed by atoms with Crippen molar-refractivity contribution in [1.82, 2.24) is 10.3 Å². The third-order valence-electron chi connectivity index (χ3n) is 6.00. The summed E-state index contributed by atoms with van der Waals surface area (Å²) in [4.78, 5) is 14.1. The largest absolute Gasteiger partial charge is 0.506 e. The molecule has 1 heterocycles. The number of aromatic nitrogens is 1. The van der Waals surface area contributed by atoms with Gasteiger partial charge in [-0.05, 0) is 56.3 Å². The number of thiazole rings is 1. The number of phenolic OH excluding ortho intramolecular Hbond substituents is 1. The minimum absolute atomic E-state index is 0. The minimum Gasteiger partial charge on any atom is -0.506 e. The van der Waals surface area contributed by atoms with Crippen LogP contribution in [0.25, 0.3) is 10.2 Å². The lowest BCUT2D eigenvalue weighted by Gasteiger charge is -2.21. The molecule has 3 rings (SSSR count). The Morgan fingerprint density at radius 1 is 1.07 bits per heavy atom. The first kappa shape index (κ1) is 25.2. The number of halogens is 1. The summed E-state index contributed by atoms with van der Waals surface area (Å²) in [5.74, 6) is 1.07. The smallest absolute Gasteiger partial charge is 0.305 e. The van der Waals surface area contributed by atoms with Gasteiger partial charge in [0.15, 0.2) is 0 Å². The molecule has 5 nitrogen and oxygen atoms in total. The maximum atomic E-state index is 11.6. The first-order valence-electron chi connectivity index (χ1n) is 11.4. The van der Waals surface area contributed by atoms with E-state index in [1.165, 1.54) is 75.5 Å². The summed E-state index contributed by atoms with van der Waals surface area (Å²) in [6.07, 6.45) is 14.1. The summed E-state index contributed by atoms with van der Waals surface area (Å²) in [7, 11) is 0. The third-order valence-corrected chi connectivity index (χ3v) is 6.96.